The maximum Gasteiger partial charge on any atom is 0.328 e. The molecule has 1 aliphatic heterocycles. The average Bonchev–Trinajstić information content (AvgIpc) is 2.58. The van der Waals surface area contributed by atoms with E-state index in [-0.39, 0.29) is 35.7 Å². The third-order valence-corrected chi connectivity index (χ3v) is 3.60. The summed E-state index contributed by atoms with van der Waals surface area (Å²) in [5.41, 5.74) is -0.217. The number of benzene rings is 1. The van der Waals surface area contributed by atoms with Crippen LogP contribution >= 0.6 is 0 Å². The number of methoxy groups -OCH3 is 1. The van der Waals surface area contributed by atoms with Gasteiger partial charge in [-0.15, -0.1) is 0 Å². The van der Waals surface area contributed by atoms with E-state index in [0.717, 1.165) is 12.1 Å². The number of nitro benzene ring substituents is 1. The van der Waals surface area contributed by atoms with Crippen LogP contribution in [0.1, 0.15) is 29.6 Å². The van der Waals surface area contributed by atoms with E-state index in [0.29, 0.717) is 6.42 Å². The molecule has 1 heterocycles. The van der Waals surface area contributed by atoms with E-state index in [1.54, 1.807) is 12.2 Å². The van der Waals surface area contributed by atoms with Crippen LogP contribution in [0.15, 0.2) is 30.4 Å². The smallest absolute Gasteiger partial charge is 0.328 e. The summed E-state index contributed by atoms with van der Waals surface area (Å²) in [5.74, 6) is -1.62. The highest BCUT2D eigenvalue weighted by Crippen LogP contribution is 2.23. The summed E-state index contributed by atoms with van der Waals surface area (Å²) >= 11 is 0. The fraction of sp³-hybridized carbons (Fsp3) is 0.312. The molecule has 1 aliphatic rings. The Morgan fingerprint density at radius 3 is 2.76 bits per heavy atom. The number of nitrogens with zero attached hydrogens (tertiary/aromatic N) is 1. The van der Waals surface area contributed by atoms with E-state index >= 15 is 0 Å². The van der Waals surface area contributed by atoms with Crippen LogP contribution in [0.3, 0.4) is 0 Å². The molecule has 1 atom stereocenters. The molecule has 0 radical (unpaired) electrons. The van der Waals surface area contributed by atoms with Crippen molar-refractivity contribution in [2.45, 2.75) is 25.3 Å². The van der Waals surface area contributed by atoms with Crippen molar-refractivity contribution in [3.8, 4) is 0 Å². The number of hydrogen-bond donors (Lipinski definition) is 2. The molecule has 2 N–H and O–H groups in total. The summed E-state index contributed by atoms with van der Waals surface area (Å²) in [7, 11) is 1.21. The highest BCUT2D eigenvalue weighted by atomic mass is 16.6. The minimum absolute atomic E-state index is 0.0184. The van der Waals surface area contributed by atoms with Gasteiger partial charge in [-0.1, -0.05) is 12.2 Å². The van der Waals surface area contributed by atoms with Crippen molar-refractivity contribution in [1.29, 1.82) is 0 Å². The van der Waals surface area contributed by atoms with Gasteiger partial charge in [0.05, 0.1) is 23.3 Å². The summed E-state index contributed by atoms with van der Waals surface area (Å²) in [6, 6.07) is 2.61. The molecule has 1 aromatic rings. The van der Waals surface area contributed by atoms with E-state index in [1.807, 2.05) is 0 Å². The Kier molecular flexibility index (Phi) is 5.83. The number of rotatable bonds is 2. The Balaban J connectivity index is 2.41. The number of non-ortho nitro benzene ring substituents is 1. The number of carbonyl (C=O) groups is 3. The van der Waals surface area contributed by atoms with Crippen LogP contribution in [0.5, 0.6) is 0 Å². The number of ether oxygens (including phenoxy) is 1. The van der Waals surface area contributed by atoms with Gasteiger partial charge in [-0.05, 0) is 18.9 Å². The van der Waals surface area contributed by atoms with Gasteiger partial charge in [-0.2, -0.15) is 0 Å². The monoisotopic (exact) mass is 347 g/mol. The van der Waals surface area contributed by atoms with Gasteiger partial charge < -0.3 is 15.4 Å². The molecule has 9 nitrogen and oxygen atoms in total. The minimum Gasteiger partial charge on any atom is -0.467 e. The fourth-order valence-electron chi connectivity index (χ4n) is 2.32. The number of carbonyl (C=O) groups excluding carboxylic acids is 3. The number of fused-ring (bicyclic) bond motifs is 1. The molecule has 9 heteroatoms. The van der Waals surface area contributed by atoms with Gasteiger partial charge >= 0.3 is 5.97 Å². The summed E-state index contributed by atoms with van der Waals surface area (Å²) in [5, 5.41) is 16.0. The molecule has 0 bridgehead atoms. The Morgan fingerprint density at radius 1 is 1.32 bits per heavy atom. The normalized spacial score (nSPS) is 19.3. The second-order valence-corrected chi connectivity index (χ2v) is 5.33. The molecule has 0 saturated heterocycles. The van der Waals surface area contributed by atoms with Crippen LogP contribution in [-0.2, 0) is 14.3 Å². The van der Waals surface area contributed by atoms with E-state index in [1.165, 1.54) is 13.2 Å². The Bertz CT molecular complexity index is 743. The predicted octanol–water partition coefficient (Wildman–Crippen LogP) is 1.54. The first-order valence-corrected chi connectivity index (χ1v) is 7.54. The lowest BCUT2D eigenvalue weighted by molar-refractivity contribution is -0.384. The van der Waals surface area contributed by atoms with E-state index < -0.39 is 22.8 Å². The van der Waals surface area contributed by atoms with Crippen molar-refractivity contribution in [2.75, 3.05) is 12.4 Å². The number of nitro groups is 1. The molecule has 1 aromatic carbocycles. The van der Waals surface area contributed by atoms with Gasteiger partial charge in [-0.25, -0.2) is 4.79 Å². The lowest BCUT2D eigenvalue weighted by Gasteiger charge is -2.17. The van der Waals surface area contributed by atoms with Crippen LogP contribution in [0.4, 0.5) is 11.4 Å². The number of hydrogen-bond acceptors (Lipinski definition) is 6. The predicted molar refractivity (Wildman–Crippen MR) is 88.0 cm³/mol. The van der Waals surface area contributed by atoms with Gasteiger partial charge in [0.1, 0.15) is 6.04 Å². The zero-order chi connectivity index (χ0) is 18.4. The first kappa shape index (κ1) is 18.1. The maximum atomic E-state index is 12.5. The van der Waals surface area contributed by atoms with Crippen LogP contribution in [0.2, 0.25) is 0 Å². The van der Waals surface area contributed by atoms with Crippen LogP contribution in [-0.4, -0.2) is 35.9 Å². The number of allylic oxidation sites excluding steroid dienone is 1. The Labute approximate surface area is 143 Å². The molecule has 25 heavy (non-hydrogen) atoms. The van der Waals surface area contributed by atoms with Crippen molar-refractivity contribution < 1.29 is 24.0 Å². The van der Waals surface area contributed by atoms with Gasteiger partial charge in [0.25, 0.3) is 11.6 Å². The number of esters is 1. The van der Waals surface area contributed by atoms with Crippen molar-refractivity contribution in [1.82, 2.24) is 5.32 Å². The average molecular weight is 347 g/mol. The zero-order valence-electron chi connectivity index (χ0n) is 13.5. The van der Waals surface area contributed by atoms with Gasteiger partial charge in [0.15, 0.2) is 0 Å². The van der Waals surface area contributed by atoms with Crippen molar-refractivity contribution in [3.05, 3.63) is 46.0 Å². The first-order valence-electron chi connectivity index (χ1n) is 7.54. The van der Waals surface area contributed by atoms with Crippen LogP contribution in [0, 0.1) is 10.1 Å². The fourth-order valence-corrected chi connectivity index (χ4v) is 2.32. The summed E-state index contributed by atoms with van der Waals surface area (Å²) < 4.78 is 4.67. The molecular formula is C16H17N3O6. The largest absolute Gasteiger partial charge is 0.467 e. The number of nitrogens with one attached hydrogen (secondary N) is 2. The van der Waals surface area contributed by atoms with Gasteiger partial charge in [0.2, 0.25) is 5.91 Å². The van der Waals surface area contributed by atoms with Crippen molar-refractivity contribution in [3.63, 3.8) is 0 Å². The molecule has 2 rings (SSSR count). The Morgan fingerprint density at radius 2 is 2.08 bits per heavy atom. The topological polar surface area (TPSA) is 128 Å². The van der Waals surface area contributed by atoms with Crippen molar-refractivity contribution >= 4 is 29.2 Å². The third kappa shape index (κ3) is 4.63. The molecule has 0 aromatic heterocycles. The molecular weight excluding hydrogens is 330 g/mol. The second kappa shape index (κ2) is 8.04. The molecule has 0 spiro atoms. The van der Waals surface area contributed by atoms with Crippen LogP contribution < -0.4 is 10.6 Å². The summed E-state index contributed by atoms with van der Waals surface area (Å²) in [6.07, 6.45) is 4.19. The SMILES string of the molecule is COC(=O)C1C/C=C\CCC(=O)Nc2cc([N+](=O)[O-])ccc2C(=O)N1. The zero-order valence-corrected chi connectivity index (χ0v) is 13.5. The lowest BCUT2D eigenvalue weighted by Crippen LogP contribution is -2.41. The molecule has 0 saturated carbocycles. The van der Waals surface area contributed by atoms with E-state index in [9.17, 15) is 24.5 Å². The van der Waals surface area contributed by atoms with Crippen molar-refractivity contribution in [2.24, 2.45) is 0 Å². The maximum absolute atomic E-state index is 12.5. The third-order valence-electron chi connectivity index (χ3n) is 3.60. The summed E-state index contributed by atoms with van der Waals surface area (Å²) in [6.45, 7) is 0. The number of amides is 2. The standard InChI is InChI=1S/C16H17N3O6/c1-25-16(22)12-5-3-2-4-6-14(20)17-13-9-10(19(23)24)7-8-11(13)15(21)18-12/h2-3,7-9,12H,4-6H2,1H3,(H,17,20)(H,18,21)/b3-2-. The van der Waals surface area contributed by atoms with Gasteiger partial charge in [-0.3, -0.25) is 19.7 Å². The molecule has 0 fully saturated rings. The summed E-state index contributed by atoms with van der Waals surface area (Å²) in [4.78, 5) is 46.5. The molecule has 0 aliphatic carbocycles. The lowest BCUT2D eigenvalue weighted by atomic mass is 10.1. The highest BCUT2D eigenvalue weighted by Gasteiger charge is 2.24. The van der Waals surface area contributed by atoms with Crippen LogP contribution in [0.25, 0.3) is 0 Å². The van der Waals surface area contributed by atoms with E-state index in [4.69, 9.17) is 0 Å². The molecule has 132 valence electrons. The van der Waals surface area contributed by atoms with Gasteiger partial charge in [0, 0.05) is 18.6 Å². The Hall–Kier alpha value is -3.23. The first-order chi connectivity index (χ1) is 11.9. The second-order valence-electron chi connectivity index (χ2n) is 5.33. The molecule has 2 amide bonds. The molecule has 1 unspecified atom stereocenters. The van der Waals surface area contributed by atoms with E-state index in [2.05, 4.69) is 15.4 Å². The number of anilines is 1. The highest BCUT2D eigenvalue weighted by molar-refractivity contribution is 6.05. The minimum atomic E-state index is -0.896. The quantitative estimate of drug-likeness (QED) is 0.361.